The predicted octanol–water partition coefficient (Wildman–Crippen LogP) is 3.64. The normalized spacial score (nSPS) is 19.5. The Morgan fingerprint density at radius 1 is 1.19 bits per heavy atom. The third-order valence-corrected chi connectivity index (χ3v) is 6.91. The first-order valence-electron chi connectivity index (χ1n) is 12.9. The van der Waals surface area contributed by atoms with Gasteiger partial charge in [0.15, 0.2) is 11.6 Å². The number of aliphatic hydroxyl groups excluding tert-OH is 1. The number of halogens is 8. The number of aromatic amines is 1. The third-order valence-electron chi connectivity index (χ3n) is 6.91. The van der Waals surface area contributed by atoms with Gasteiger partial charge < -0.3 is 24.8 Å². The van der Waals surface area contributed by atoms with Gasteiger partial charge in [0.25, 0.3) is 12.0 Å². The molecule has 10 nitrogen and oxygen atoms in total. The Kier molecular flexibility index (Phi) is 9.46. The highest BCUT2D eigenvalue weighted by molar-refractivity contribution is 5.61. The second-order valence-corrected chi connectivity index (χ2v) is 9.89. The number of hydrogen-bond acceptors (Lipinski definition) is 9. The fourth-order valence-corrected chi connectivity index (χ4v) is 4.99. The molecule has 0 amide bonds. The number of H-pyrrole nitrogens is 1. The zero-order valence-corrected chi connectivity index (χ0v) is 22.1. The Balaban J connectivity index is 1.32. The quantitative estimate of drug-likeness (QED) is 0.287. The lowest BCUT2D eigenvalue weighted by Crippen LogP contribution is -2.56. The summed E-state index contributed by atoms with van der Waals surface area (Å²) in [7, 11) is 0. The molecule has 0 radical (unpaired) electrons. The summed E-state index contributed by atoms with van der Waals surface area (Å²) in [5.41, 5.74) is -6.10. The maximum atomic E-state index is 13.7. The first-order chi connectivity index (χ1) is 19.7. The van der Waals surface area contributed by atoms with Crippen LogP contribution in [0.1, 0.15) is 42.9 Å². The molecular weight excluding hydrogens is 588 g/mol. The number of anilines is 2. The number of aliphatic hydroxyl groups is 1. The second kappa shape index (κ2) is 12.5. The van der Waals surface area contributed by atoms with Crippen molar-refractivity contribution in [1.82, 2.24) is 20.1 Å². The van der Waals surface area contributed by atoms with E-state index in [-0.39, 0.29) is 64.2 Å². The fraction of sp³-hybridized carbons (Fsp3) is 0.625. The van der Waals surface area contributed by atoms with E-state index >= 15 is 0 Å². The standard InChI is InChI=1S/C24H28F8N6O4/c1-12(35-15-9-34-36-22(40)18(15)24(30,31)32)11-41-6-3-16(39)37-4-5-38-13(10-37)2-7-42-19-17(20(25)26)14(23(27,28)29)8-33-21(19)38/h8-9,12-13,16,20,39H,2-7,10-11H2,1H3,(H2,35,36,40)/t12-,13-,16?/m0/s1. The molecule has 234 valence electrons. The summed E-state index contributed by atoms with van der Waals surface area (Å²) in [5, 5.41) is 18.4. The summed E-state index contributed by atoms with van der Waals surface area (Å²) in [4.78, 5) is 18.7. The monoisotopic (exact) mass is 616 g/mol. The molecule has 42 heavy (non-hydrogen) atoms. The summed E-state index contributed by atoms with van der Waals surface area (Å²) >= 11 is 0. The highest BCUT2D eigenvalue weighted by atomic mass is 19.4. The Hall–Kier alpha value is -3.25. The average Bonchev–Trinajstić information content (AvgIpc) is 3.08. The van der Waals surface area contributed by atoms with E-state index in [1.165, 1.54) is 6.92 Å². The fourth-order valence-electron chi connectivity index (χ4n) is 4.99. The van der Waals surface area contributed by atoms with E-state index in [4.69, 9.17) is 9.47 Å². The maximum Gasteiger partial charge on any atom is 0.423 e. The van der Waals surface area contributed by atoms with Gasteiger partial charge >= 0.3 is 12.4 Å². The first kappa shape index (κ1) is 31.7. The van der Waals surface area contributed by atoms with Crippen LogP contribution in [0.25, 0.3) is 0 Å². The van der Waals surface area contributed by atoms with Gasteiger partial charge in [0.05, 0.1) is 42.8 Å². The molecule has 3 atom stereocenters. The molecule has 1 saturated heterocycles. The van der Waals surface area contributed by atoms with Crippen LogP contribution in [-0.2, 0) is 17.1 Å². The smallest absolute Gasteiger partial charge is 0.423 e. The average molecular weight is 617 g/mol. The number of alkyl halides is 8. The number of nitrogens with zero attached hydrogens (tertiary/aromatic N) is 4. The molecule has 0 bridgehead atoms. The van der Waals surface area contributed by atoms with E-state index in [0.717, 1.165) is 6.20 Å². The van der Waals surface area contributed by atoms with Gasteiger partial charge in [0.2, 0.25) is 0 Å². The molecule has 0 aromatic carbocycles. The van der Waals surface area contributed by atoms with Gasteiger partial charge in [-0.1, -0.05) is 0 Å². The van der Waals surface area contributed by atoms with Crippen LogP contribution in [0.4, 0.5) is 46.6 Å². The van der Waals surface area contributed by atoms with Crippen LogP contribution >= 0.6 is 0 Å². The number of ether oxygens (including phenoxy) is 2. The Labute approximate surface area is 233 Å². The number of piperazine rings is 1. The summed E-state index contributed by atoms with van der Waals surface area (Å²) in [6.45, 7) is 2.03. The van der Waals surface area contributed by atoms with E-state index in [1.54, 1.807) is 14.9 Å². The second-order valence-electron chi connectivity index (χ2n) is 9.89. The molecule has 4 rings (SSSR count). The molecule has 0 saturated carbocycles. The highest BCUT2D eigenvalue weighted by Crippen LogP contribution is 2.46. The van der Waals surface area contributed by atoms with Crippen molar-refractivity contribution in [3.8, 4) is 5.75 Å². The van der Waals surface area contributed by atoms with Crippen LogP contribution in [0.2, 0.25) is 0 Å². The molecule has 2 aromatic heterocycles. The minimum Gasteiger partial charge on any atom is -0.489 e. The third kappa shape index (κ3) is 7.03. The van der Waals surface area contributed by atoms with Crippen LogP contribution in [0.15, 0.2) is 17.2 Å². The van der Waals surface area contributed by atoms with Crippen molar-refractivity contribution in [2.45, 2.75) is 56.9 Å². The lowest BCUT2D eigenvalue weighted by Gasteiger charge is -2.43. The van der Waals surface area contributed by atoms with Crippen molar-refractivity contribution in [3.63, 3.8) is 0 Å². The molecule has 2 aromatic rings. The van der Waals surface area contributed by atoms with Crippen molar-refractivity contribution < 1.29 is 49.7 Å². The lowest BCUT2D eigenvalue weighted by atomic mass is 10.1. The van der Waals surface area contributed by atoms with Gasteiger partial charge in [-0.15, -0.1) is 0 Å². The molecule has 1 fully saturated rings. The van der Waals surface area contributed by atoms with Crippen LogP contribution in [0, 0.1) is 0 Å². The minimum atomic E-state index is -5.04. The van der Waals surface area contributed by atoms with E-state index in [0.29, 0.717) is 6.20 Å². The zero-order chi connectivity index (χ0) is 30.8. The summed E-state index contributed by atoms with van der Waals surface area (Å²) in [6.07, 6.45) is -12.7. The number of nitrogens with one attached hydrogen (secondary N) is 2. The Morgan fingerprint density at radius 2 is 1.93 bits per heavy atom. The minimum absolute atomic E-state index is 0.0310. The summed E-state index contributed by atoms with van der Waals surface area (Å²) in [6, 6.07) is -1.04. The summed E-state index contributed by atoms with van der Waals surface area (Å²) in [5.74, 6) is -0.699. The molecule has 3 N–H and O–H groups in total. The van der Waals surface area contributed by atoms with Gasteiger partial charge in [0, 0.05) is 50.8 Å². The number of fused-ring (bicyclic) bond motifs is 3. The molecule has 0 aliphatic carbocycles. The van der Waals surface area contributed by atoms with Crippen LogP contribution in [0.3, 0.4) is 0 Å². The van der Waals surface area contributed by atoms with Gasteiger partial charge in [-0.2, -0.15) is 31.4 Å². The van der Waals surface area contributed by atoms with Crippen LogP contribution in [0.5, 0.6) is 5.75 Å². The van der Waals surface area contributed by atoms with E-state index in [2.05, 4.69) is 15.4 Å². The Bertz CT molecular complexity index is 1290. The molecule has 2 aliphatic rings. The van der Waals surface area contributed by atoms with Gasteiger partial charge in [-0.3, -0.25) is 9.69 Å². The summed E-state index contributed by atoms with van der Waals surface area (Å²) < 4.78 is 118. The number of pyridine rings is 1. The predicted molar refractivity (Wildman–Crippen MR) is 131 cm³/mol. The van der Waals surface area contributed by atoms with E-state index in [1.807, 2.05) is 0 Å². The molecular formula is C24H28F8N6O4. The van der Waals surface area contributed by atoms with E-state index in [9.17, 15) is 45.0 Å². The largest absolute Gasteiger partial charge is 0.489 e. The number of hydrogen-bond donors (Lipinski definition) is 3. The van der Waals surface area contributed by atoms with Crippen molar-refractivity contribution in [2.24, 2.45) is 0 Å². The zero-order valence-electron chi connectivity index (χ0n) is 22.1. The molecule has 0 spiro atoms. The van der Waals surface area contributed by atoms with E-state index < -0.39 is 64.7 Å². The molecule has 1 unspecified atom stereocenters. The van der Waals surface area contributed by atoms with Gasteiger partial charge in [-0.05, 0) is 6.92 Å². The van der Waals surface area contributed by atoms with Crippen molar-refractivity contribution in [1.29, 1.82) is 0 Å². The maximum absolute atomic E-state index is 13.7. The SMILES string of the molecule is C[C@@H](COCCC(O)N1CCN2c3ncc(C(F)(F)F)c(C(F)F)c3OCC[C@H]2C1)Nc1cn[nH]c(=O)c1C(F)(F)F. The lowest BCUT2D eigenvalue weighted by molar-refractivity contribution is -0.140. The first-order valence-corrected chi connectivity index (χ1v) is 12.9. The number of aromatic nitrogens is 3. The molecule has 18 heteroatoms. The van der Waals surface area contributed by atoms with Gasteiger partial charge in [-0.25, -0.2) is 18.9 Å². The molecule has 4 heterocycles. The Morgan fingerprint density at radius 3 is 2.60 bits per heavy atom. The van der Waals surface area contributed by atoms with Crippen molar-refractivity contribution >= 4 is 11.5 Å². The highest BCUT2D eigenvalue weighted by Gasteiger charge is 2.42. The topological polar surface area (TPSA) is 116 Å². The molecule has 2 aliphatic heterocycles. The van der Waals surface area contributed by atoms with Crippen molar-refractivity contribution in [2.75, 3.05) is 49.7 Å². The number of rotatable bonds is 9. The van der Waals surface area contributed by atoms with Crippen LogP contribution in [-0.4, -0.2) is 83.0 Å². The van der Waals surface area contributed by atoms with Crippen LogP contribution < -0.4 is 20.5 Å². The van der Waals surface area contributed by atoms with Crippen molar-refractivity contribution in [3.05, 3.63) is 39.4 Å². The van der Waals surface area contributed by atoms with Gasteiger partial charge in [0.1, 0.15) is 11.8 Å².